The predicted octanol–water partition coefficient (Wildman–Crippen LogP) is 4.10. The Balaban J connectivity index is 1.77. The summed E-state index contributed by atoms with van der Waals surface area (Å²) >= 11 is 0. The van der Waals surface area contributed by atoms with E-state index in [0.717, 1.165) is 53.8 Å². The van der Waals surface area contributed by atoms with Crippen LogP contribution in [0.15, 0.2) is 54.6 Å². The Kier molecular flexibility index (Phi) is 4.59. The van der Waals surface area contributed by atoms with E-state index >= 15 is 0 Å². The molecule has 1 aromatic heterocycles. The lowest BCUT2D eigenvalue weighted by molar-refractivity contribution is -0.114. The lowest BCUT2D eigenvalue weighted by Crippen LogP contribution is -2.27. The molecule has 2 aromatic carbocycles. The summed E-state index contributed by atoms with van der Waals surface area (Å²) in [4.78, 5) is 30.9. The van der Waals surface area contributed by atoms with E-state index in [-0.39, 0.29) is 11.8 Å². The van der Waals surface area contributed by atoms with Crippen molar-refractivity contribution < 1.29 is 9.59 Å². The summed E-state index contributed by atoms with van der Waals surface area (Å²) in [6.07, 6.45) is 2.12. The molecule has 1 aliphatic heterocycles. The zero-order chi connectivity index (χ0) is 18.8. The molecular formula is C22H21N3O2. The van der Waals surface area contributed by atoms with E-state index in [9.17, 15) is 9.59 Å². The summed E-state index contributed by atoms with van der Waals surface area (Å²) < 4.78 is 0. The van der Waals surface area contributed by atoms with Gasteiger partial charge in [-0.1, -0.05) is 30.3 Å². The van der Waals surface area contributed by atoms with Gasteiger partial charge in [-0.25, -0.2) is 4.98 Å². The lowest BCUT2D eigenvalue weighted by Gasteiger charge is -2.17. The van der Waals surface area contributed by atoms with E-state index in [1.807, 2.05) is 59.5 Å². The highest BCUT2D eigenvalue weighted by atomic mass is 16.2. The number of pyridine rings is 1. The molecule has 136 valence electrons. The van der Waals surface area contributed by atoms with Crippen LogP contribution in [0, 0.1) is 0 Å². The maximum Gasteiger partial charge on any atom is 0.254 e. The van der Waals surface area contributed by atoms with Crippen LogP contribution in [0.1, 0.15) is 30.1 Å². The van der Waals surface area contributed by atoms with Crippen LogP contribution in [0.5, 0.6) is 0 Å². The number of benzene rings is 2. The van der Waals surface area contributed by atoms with Crippen LogP contribution in [0.3, 0.4) is 0 Å². The summed E-state index contributed by atoms with van der Waals surface area (Å²) in [6.45, 7) is 3.11. The fourth-order valence-electron chi connectivity index (χ4n) is 3.52. The molecule has 27 heavy (non-hydrogen) atoms. The highest BCUT2D eigenvalue weighted by molar-refractivity contribution is 6.07. The van der Waals surface area contributed by atoms with Crippen molar-refractivity contribution in [3.8, 4) is 11.3 Å². The second kappa shape index (κ2) is 7.19. The molecule has 1 saturated heterocycles. The number of likely N-dealkylation sites (tertiary alicyclic amines) is 1. The van der Waals surface area contributed by atoms with Crippen molar-refractivity contribution in [1.29, 1.82) is 0 Å². The second-order valence-electron chi connectivity index (χ2n) is 6.83. The van der Waals surface area contributed by atoms with E-state index in [0.29, 0.717) is 5.56 Å². The fraction of sp³-hybridized carbons (Fsp3) is 0.227. The zero-order valence-electron chi connectivity index (χ0n) is 15.2. The third kappa shape index (κ3) is 3.53. The number of carbonyl (C=O) groups is 2. The van der Waals surface area contributed by atoms with Gasteiger partial charge in [0.2, 0.25) is 5.91 Å². The molecule has 0 radical (unpaired) electrons. The minimum absolute atomic E-state index is 0.0715. The van der Waals surface area contributed by atoms with Crippen molar-refractivity contribution in [2.24, 2.45) is 0 Å². The van der Waals surface area contributed by atoms with Gasteiger partial charge in [0.15, 0.2) is 0 Å². The number of hydrogen-bond acceptors (Lipinski definition) is 3. The van der Waals surface area contributed by atoms with Gasteiger partial charge in [0.1, 0.15) is 0 Å². The topological polar surface area (TPSA) is 62.3 Å². The van der Waals surface area contributed by atoms with E-state index < -0.39 is 0 Å². The molecule has 1 N–H and O–H groups in total. The number of nitrogens with zero attached hydrogens (tertiary/aromatic N) is 2. The van der Waals surface area contributed by atoms with Crippen LogP contribution in [-0.2, 0) is 4.79 Å². The van der Waals surface area contributed by atoms with Crippen molar-refractivity contribution in [2.75, 3.05) is 18.4 Å². The van der Waals surface area contributed by atoms with E-state index in [2.05, 4.69) is 5.32 Å². The van der Waals surface area contributed by atoms with Gasteiger partial charge in [0, 0.05) is 36.7 Å². The first-order valence-corrected chi connectivity index (χ1v) is 9.19. The van der Waals surface area contributed by atoms with Crippen LogP contribution in [0.2, 0.25) is 0 Å². The van der Waals surface area contributed by atoms with Crippen molar-refractivity contribution in [3.05, 3.63) is 60.2 Å². The van der Waals surface area contributed by atoms with Crippen LogP contribution < -0.4 is 5.32 Å². The van der Waals surface area contributed by atoms with Gasteiger partial charge in [-0.15, -0.1) is 0 Å². The van der Waals surface area contributed by atoms with Crippen molar-refractivity contribution in [2.45, 2.75) is 19.8 Å². The molecule has 0 spiro atoms. The number of fused-ring (bicyclic) bond motifs is 1. The van der Waals surface area contributed by atoms with Crippen molar-refractivity contribution in [1.82, 2.24) is 9.88 Å². The molecule has 5 nitrogen and oxygen atoms in total. The number of para-hydroxylation sites is 1. The molecule has 2 amide bonds. The largest absolute Gasteiger partial charge is 0.339 e. The molecular weight excluding hydrogens is 338 g/mol. The fourth-order valence-corrected chi connectivity index (χ4v) is 3.52. The van der Waals surface area contributed by atoms with E-state index in [1.54, 1.807) is 0 Å². The number of amides is 2. The molecule has 0 unspecified atom stereocenters. The Morgan fingerprint density at radius 2 is 1.70 bits per heavy atom. The van der Waals surface area contributed by atoms with Gasteiger partial charge in [-0.05, 0) is 37.1 Å². The maximum atomic E-state index is 13.1. The molecule has 1 fully saturated rings. The summed E-state index contributed by atoms with van der Waals surface area (Å²) in [5.74, 6) is -0.0349. The predicted molar refractivity (Wildman–Crippen MR) is 107 cm³/mol. The van der Waals surface area contributed by atoms with Crippen LogP contribution in [-0.4, -0.2) is 34.8 Å². The average Bonchev–Trinajstić information content (AvgIpc) is 3.21. The lowest BCUT2D eigenvalue weighted by atomic mass is 10.0. The van der Waals surface area contributed by atoms with Gasteiger partial charge < -0.3 is 10.2 Å². The first-order valence-electron chi connectivity index (χ1n) is 9.19. The number of hydrogen-bond donors (Lipinski definition) is 1. The van der Waals surface area contributed by atoms with E-state index in [1.165, 1.54) is 6.92 Å². The minimum Gasteiger partial charge on any atom is -0.339 e. The van der Waals surface area contributed by atoms with Crippen LogP contribution in [0.4, 0.5) is 5.69 Å². The smallest absolute Gasteiger partial charge is 0.254 e. The number of rotatable bonds is 3. The van der Waals surface area contributed by atoms with Crippen LogP contribution in [0.25, 0.3) is 22.2 Å². The number of carbonyl (C=O) groups excluding carboxylic acids is 2. The SMILES string of the molecule is CC(=O)Nc1ccc(-c2cc(C(=O)N3CCCC3)c3ccccc3n2)cc1. The highest BCUT2D eigenvalue weighted by Gasteiger charge is 2.22. The molecule has 1 aliphatic rings. The zero-order valence-corrected chi connectivity index (χ0v) is 15.2. The molecule has 0 saturated carbocycles. The van der Waals surface area contributed by atoms with Gasteiger partial charge in [0.25, 0.3) is 5.91 Å². The number of nitrogens with one attached hydrogen (secondary N) is 1. The van der Waals surface area contributed by atoms with Crippen molar-refractivity contribution >= 4 is 28.4 Å². The summed E-state index contributed by atoms with van der Waals surface area (Å²) in [5, 5.41) is 3.64. The highest BCUT2D eigenvalue weighted by Crippen LogP contribution is 2.27. The van der Waals surface area contributed by atoms with Gasteiger partial charge in [-0.3, -0.25) is 9.59 Å². The van der Waals surface area contributed by atoms with Gasteiger partial charge in [-0.2, -0.15) is 0 Å². The first-order chi connectivity index (χ1) is 13.1. The Labute approximate surface area is 158 Å². The molecule has 2 heterocycles. The Morgan fingerprint density at radius 3 is 2.41 bits per heavy atom. The standard InChI is InChI=1S/C22H21N3O2/c1-15(26)23-17-10-8-16(9-11-17)21-14-19(22(27)25-12-4-5-13-25)18-6-2-3-7-20(18)24-21/h2-3,6-11,14H,4-5,12-13H2,1H3,(H,23,26). The monoisotopic (exact) mass is 359 g/mol. The quantitative estimate of drug-likeness (QED) is 0.766. The summed E-state index contributed by atoms with van der Waals surface area (Å²) in [7, 11) is 0. The third-order valence-corrected chi connectivity index (χ3v) is 4.84. The Morgan fingerprint density at radius 1 is 1.00 bits per heavy atom. The Bertz CT molecular complexity index is 1010. The molecule has 3 aromatic rings. The molecule has 0 atom stereocenters. The molecule has 5 heteroatoms. The molecule has 4 rings (SSSR count). The van der Waals surface area contributed by atoms with Crippen molar-refractivity contribution in [3.63, 3.8) is 0 Å². The van der Waals surface area contributed by atoms with Gasteiger partial charge in [0.05, 0.1) is 16.8 Å². The minimum atomic E-state index is -0.106. The molecule has 0 aliphatic carbocycles. The van der Waals surface area contributed by atoms with Gasteiger partial charge >= 0.3 is 0 Å². The second-order valence-corrected chi connectivity index (χ2v) is 6.83. The maximum absolute atomic E-state index is 13.1. The normalized spacial score (nSPS) is 13.7. The summed E-state index contributed by atoms with van der Waals surface area (Å²) in [6, 6.07) is 17.1. The first kappa shape index (κ1) is 17.2. The van der Waals surface area contributed by atoms with E-state index in [4.69, 9.17) is 4.98 Å². The third-order valence-electron chi connectivity index (χ3n) is 4.84. The Hall–Kier alpha value is -3.21. The average molecular weight is 359 g/mol. The number of anilines is 1. The summed E-state index contributed by atoms with van der Waals surface area (Å²) in [5.41, 5.74) is 3.91. The molecule has 0 bridgehead atoms. The van der Waals surface area contributed by atoms with Crippen LogP contribution >= 0.6 is 0 Å². The number of aromatic nitrogens is 1.